The van der Waals surface area contributed by atoms with Crippen LogP contribution in [-0.4, -0.2) is 17.3 Å². The van der Waals surface area contributed by atoms with Gasteiger partial charge in [-0.2, -0.15) is 0 Å². The number of halogens is 1. The first-order chi connectivity index (χ1) is 9.78. The third kappa shape index (κ3) is 3.11. The highest BCUT2D eigenvalue weighted by molar-refractivity contribution is 9.09. The molecule has 0 aliphatic heterocycles. The summed E-state index contributed by atoms with van der Waals surface area (Å²) in [7, 11) is 0. The SMILES string of the molecule is O=C(NC1CCCCC1CBr)c1cc2c(s1)CCCC2. The highest BCUT2D eigenvalue weighted by Crippen LogP contribution is 2.31. The minimum atomic E-state index is 0.155. The maximum absolute atomic E-state index is 12.5. The summed E-state index contributed by atoms with van der Waals surface area (Å²) in [5.74, 6) is 0.754. The second kappa shape index (κ2) is 6.61. The second-order valence-electron chi connectivity index (χ2n) is 6.04. The molecule has 110 valence electrons. The van der Waals surface area contributed by atoms with Gasteiger partial charge in [0.15, 0.2) is 0 Å². The first-order valence-corrected chi connectivity index (χ1v) is 9.70. The van der Waals surface area contributed by atoms with Crippen molar-refractivity contribution >= 4 is 33.2 Å². The first kappa shape index (κ1) is 14.6. The largest absolute Gasteiger partial charge is 0.348 e. The Bertz CT molecular complexity index is 461. The van der Waals surface area contributed by atoms with Crippen LogP contribution in [0.15, 0.2) is 6.07 Å². The van der Waals surface area contributed by atoms with Gasteiger partial charge >= 0.3 is 0 Å². The molecule has 2 nitrogen and oxygen atoms in total. The molecule has 0 spiro atoms. The highest BCUT2D eigenvalue weighted by Gasteiger charge is 2.27. The summed E-state index contributed by atoms with van der Waals surface area (Å²) in [6, 6.07) is 2.50. The number of hydrogen-bond acceptors (Lipinski definition) is 2. The normalized spacial score (nSPS) is 26.1. The van der Waals surface area contributed by atoms with Crippen molar-refractivity contribution in [2.24, 2.45) is 5.92 Å². The van der Waals surface area contributed by atoms with Gasteiger partial charge in [-0.05, 0) is 56.1 Å². The Morgan fingerprint density at radius 2 is 2.05 bits per heavy atom. The summed E-state index contributed by atoms with van der Waals surface area (Å²) in [6.07, 6.45) is 9.80. The number of alkyl halides is 1. The fourth-order valence-electron chi connectivity index (χ4n) is 3.42. The number of nitrogens with one attached hydrogen (secondary N) is 1. The van der Waals surface area contributed by atoms with Crippen molar-refractivity contribution in [1.82, 2.24) is 5.32 Å². The zero-order valence-electron chi connectivity index (χ0n) is 11.8. The molecule has 1 N–H and O–H groups in total. The highest BCUT2D eigenvalue weighted by atomic mass is 79.9. The van der Waals surface area contributed by atoms with E-state index >= 15 is 0 Å². The van der Waals surface area contributed by atoms with Crippen LogP contribution < -0.4 is 5.32 Å². The zero-order valence-corrected chi connectivity index (χ0v) is 14.2. The molecule has 20 heavy (non-hydrogen) atoms. The minimum Gasteiger partial charge on any atom is -0.348 e. The van der Waals surface area contributed by atoms with E-state index in [-0.39, 0.29) is 5.91 Å². The minimum absolute atomic E-state index is 0.155. The summed E-state index contributed by atoms with van der Waals surface area (Å²) in [5.41, 5.74) is 1.42. The Hall–Kier alpha value is -0.350. The number of fused-ring (bicyclic) bond motifs is 1. The molecule has 2 unspecified atom stereocenters. The van der Waals surface area contributed by atoms with Gasteiger partial charge in [-0.25, -0.2) is 0 Å². The van der Waals surface area contributed by atoms with E-state index in [4.69, 9.17) is 0 Å². The molecule has 0 bridgehead atoms. The molecule has 2 aliphatic rings. The topological polar surface area (TPSA) is 29.1 Å². The van der Waals surface area contributed by atoms with Crippen LogP contribution in [0.4, 0.5) is 0 Å². The Kier molecular flexibility index (Phi) is 4.82. The number of aryl methyl sites for hydroxylation is 2. The molecule has 2 aliphatic carbocycles. The molecule has 1 aromatic rings. The van der Waals surface area contributed by atoms with Gasteiger partial charge in [-0.1, -0.05) is 28.8 Å². The summed E-state index contributed by atoms with van der Waals surface area (Å²) >= 11 is 5.31. The number of thiophene rings is 1. The van der Waals surface area contributed by atoms with Crippen molar-refractivity contribution in [3.8, 4) is 0 Å². The average Bonchev–Trinajstić information content (AvgIpc) is 2.92. The molecule has 1 fully saturated rings. The predicted octanol–water partition coefficient (Wildman–Crippen LogP) is 4.31. The van der Waals surface area contributed by atoms with Gasteiger partial charge < -0.3 is 5.32 Å². The van der Waals surface area contributed by atoms with Gasteiger partial charge in [0.25, 0.3) is 5.91 Å². The lowest BCUT2D eigenvalue weighted by Gasteiger charge is -2.30. The standard InChI is InChI=1S/C16H22BrNOS/c17-10-12-6-1-3-7-13(12)18-16(19)15-9-11-5-2-4-8-14(11)20-15/h9,12-13H,1-8,10H2,(H,18,19). The monoisotopic (exact) mass is 355 g/mol. The van der Waals surface area contributed by atoms with Crippen molar-refractivity contribution < 1.29 is 4.79 Å². The Morgan fingerprint density at radius 3 is 2.85 bits per heavy atom. The van der Waals surface area contributed by atoms with E-state index in [1.807, 2.05) is 0 Å². The lowest BCUT2D eigenvalue weighted by molar-refractivity contribution is 0.0916. The maximum atomic E-state index is 12.5. The van der Waals surface area contributed by atoms with Gasteiger partial charge in [0.05, 0.1) is 4.88 Å². The van der Waals surface area contributed by atoms with E-state index < -0.39 is 0 Å². The number of carbonyl (C=O) groups excluding carboxylic acids is 1. The van der Waals surface area contributed by atoms with Gasteiger partial charge in [-0.3, -0.25) is 4.79 Å². The van der Waals surface area contributed by atoms with Crippen LogP contribution in [0.1, 0.15) is 58.6 Å². The Morgan fingerprint density at radius 1 is 1.25 bits per heavy atom. The van der Waals surface area contributed by atoms with E-state index in [1.54, 1.807) is 11.3 Å². The molecule has 1 saturated carbocycles. The van der Waals surface area contributed by atoms with Crippen molar-refractivity contribution in [1.29, 1.82) is 0 Å². The zero-order chi connectivity index (χ0) is 13.9. The molecule has 3 rings (SSSR count). The van der Waals surface area contributed by atoms with Gasteiger partial charge in [0.1, 0.15) is 0 Å². The van der Waals surface area contributed by atoms with Gasteiger partial charge in [-0.15, -0.1) is 11.3 Å². The molecular weight excluding hydrogens is 334 g/mol. The van der Waals surface area contributed by atoms with Crippen LogP contribution in [0.3, 0.4) is 0 Å². The maximum Gasteiger partial charge on any atom is 0.261 e. The van der Waals surface area contributed by atoms with Crippen LogP contribution in [0.2, 0.25) is 0 Å². The Labute approximate surface area is 133 Å². The number of carbonyl (C=O) groups is 1. The quantitative estimate of drug-likeness (QED) is 0.804. The van der Waals surface area contributed by atoms with E-state index in [9.17, 15) is 4.79 Å². The summed E-state index contributed by atoms with van der Waals surface area (Å²) in [4.78, 5) is 14.8. The molecule has 0 saturated heterocycles. The fourth-order valence-corrected chi connectivity index (χ4v) is 5.36. The van der Waals surface area contributed by atoms with E-state index in [2.05, 4.69) is 27.3 Å². The lowest BCUT2D eigenvalue weighted by atomic mass is 9.86. The third-order valence-electron chi connectivity index (χ3n) is 4.64. The second-order valence-corrected chi connectivity index (χ2v) is 7.83. The van der Waals surface area contributed by atoms with Crippen LogP contribution in [0.5, 0.6) is 0 Å². The van der Waals surface area contributed by atoms with Crippen molar-refractivity contribution in [3.63, 3.8) is 0 Å². The van der Waals surface area contributed by atoms with Crippen LogP contribution >= 0.6 is 27.3 Å². The molecule has 1 aromatic heterocycles. The number of amides is 1. The van der Waals surface area contributed by atoms with Gasteiger partial charge in [0, 0.05) is 16.2 Å². The lowest BCUT2D eigenvalue weighted by Crippen LogP contribution is -2.42. The third-order valence-corrected chi connectivity index (χ3v) is 6.71. The van der Waals surface area contributed by atoms with Crippen molar-refractivity contribution in [2.75, 3.05) is 5.33 Å². The predicted molar refractivity (Wildman–Crippen MR) is 88.0 cm³/mol. The summed E-state index contributed by atoms with van der Waals surface area (Å²) in [5, 5.41) is 4.29. The summed E-state index contributed by atoms with van der Waals surface area (Å²) in [6.45, 7) is 0. The fraction of sp³-hybridized carbons (Fsp3) is 0.688. The Balaban J connectivity index is 1.67. The van der Waals surface area contributed by atoms with E-state index in [1.165, 1.54) is 49.0 Å². The van der Waals surface area contributed by atoms with Gasteiger partial charge in [0.2, 0.25) is 0 Å². The molecule has 0 aromatic carbocycles. The molecule has 1 heterocycles. The van der Waals surface area contributed by atoms with Crippen molar-refractivity contribution in [2.45, 2.75) is 57.4 Å². The average molecular weight is 356 g/mol. The van der Waals surface area contributed by atoms with E-state index in [0.717, 1.165) is 23.0 Å². The number of rotatable bonds is 3. The van der Waals surface area contributed by atoms with Crippen LogP contribution in [-0.2, 0) is 12.8 Å². The smallest absolute Gasteiger partial charge is 0.261 e. The molecule has 2 atom stereocenters. The van der Waals surface area contributed by atoms with Crippen LogP contribution in [0, 0.1) is 5.92 Å². The molecule has 1 amide bonds. The molecular formula is C16H22BrNOS. The van der Waals surface area contributed by atoms with Crippen LogP contribution in [0.25, 0.3) is 0 Å². The first-order valence-electron chi connectivity index (χ1n) is 7.76. The van der Waals surface area contributed by atoms with Crippen molar-refractivity contribution in [3.05, 3.63) is 21.4 Å². The molecule has 4 heteroatoms. The number of hydrogen-bond donors (Lipinski definition) is 1. The molecule has 0 radical (unpaired) electrons. The summed E-state index contributed by atoms with van der Waals surface area (Å²) < 4.78 is 0. The van der Waals surface area contributed by atoms with E-state index in [0.29, 0.717) is 12.0 Å².